The molecule has 0 unspecified atom stereocenters. The molecule has 0 aliphatic carbocycles. The molecule has 1 saturated heterocycles. The number of hydrogen-bond donors (Lipinski definition) is 1. The number of aromatic nitrogens is 3. The van der Waals surface area contributed by atoms with Crippen molar-refractivity contribution < 1.29 is 18.3 Å². The molecule has 170 valence electrons. The van der Waals surface area contributed by atoms with E-state index in [0.717, 1.165) is 35.6 Å². The molecule has 1 N–H and O–H groups in total. The second-order valence-electron chi connectivity index (χ2n) is 8.24. The lowest BCUT2D eigenvalue weighted by Gasteiger charge is -2.36. The number of likely N-dealkylation sites (tertiary alicyclic amines) is 1. The molecule has 1 fully saturated rings. The fourth-order valence-electron chi connectivity index (χ4n) is 4.27. The SMILES string of the molecule is O=c1ccc2ncccc2n1CCN1CC[C@H](CCc2ccc(C(F)(F)F)nc2)[C@H](O)C1. The number of pyridine rings is 3. The van der Waals surface area contributed by atoms with Crippen LogP contribution < -0.4 is 5.56 Å². The lowest BCUT2D eigenvalue weighted by Crippen LogP contribution is -2.45. The molecule has 0 saturated carbocycles. The van der Waals surface area contributed by atoms with E-state index in [1.165, 1.54) is 18.3 Å². The molecule has 0 radical (unpaired) electrons. The van der Waals surface area contributed by atoms with E-state index in [-0.39, 0.29) is 11.5 Å². The standard InChI is InChI=1S/C23H25F3N4O2/c24-23(25,26)21-7-4-16(14-28-21)3-5-17-9-11-29(15-20(17)31)12-13-30-19-2-1-10-27-18(19)6-8-22(30)32/h1-2,4,6-8,10,14,17,20,31H,3,5,9,11-13,15H2/t17-,20+/m0/s1. The van der Waals surface area contributed by atoms with Crippen molar-refractivity contribution in [1.29, 1.82) is 0 Å². The first-order chi connectivity index (χ1) is 15.3. The molecule has 1 aliphatic rings. The van der Waals surface area contributed by atoms with Crippen LogP contribution in [0.3, 0.4) is 0 Å². The fourth-order valence-corrected chi connectivity index (χ4v) is 4.27. The van der Waals surface area contributed by atoms with Crippen LogP contribution in [0.5, 0.6) is 0 Å². The highest BCUT2D eigenvalue weighted by atomic mass is 19.4. The van der Waals surface area contributed by atoms with Crippen LogP contribution in [0.25, 0.3) is 11.0 Å². The highest BCUT2D eigenvalue weighted by Crippen LogP contribution is 2.28. The molecule has 0 amide bonds. The Morgan fingerprint density at radius 3 is 2.66 bits per heavy atom. The number of aryl methyl sites for hydroxylation is 1. The van der Waals surface area contributed by atoms with E-state index in [1.54, 1.807) is 22.9 Å². The Bertz CT molecular complexity index is 1110. The first-order valence-corrected chi connectivity index (χ1v) is 10.7. The van der Waals surface area contributed by atoms with Gasteiger partial charge in [0.2, 0.25) is 0 Å². The maximum Gasteiger partial charge on any atom is 0.433 e. The summed E-state index contributed by atoms with van der Waals surface area (Å²) in [5, 5.41) is 10.6. The van der Waals surface area contributed by atoms with Gasteiger partial charge in [-0.05, 0) is 61.6 Å². The molecule has 0 aromatic carbocycles. The van der Waals surface area contributed by atoms with Crippen molar-refractivity contribution >= 4 is 11.0 Å². The molecule has 32 heavy (non-hydrogen) atoms. The number of hydrogen-bond acceptors (Lipinski definition) is 5. The van der Waals surface area contributed by atoms with E-state index in [4.69, 9.17) is 0 Å². The molecule has 6 nitrogen and oxygen atoms in total. The average molecular weight is 446 g/mol. The summed E-state index contributed by atoms with van der Waals surface area (Å²) in [7, 11) is 0. The van der Waals surface area contributed by atoms with Gasteiger partial charge in [-0.15, -0.1) is 0 Å². The molecule has 3 aromatic rings. The first kappa shape index (κ1) is 22.4. The van der Waals surface area contributed by atoms with E-state index in [2.05, 4.69) is 14.9 Å². The summed E-state index contributed by atoms with van der Waals surface area (Å²) in [6.45, 7) is 2.45. The van der Waals surface area contributed by atoms with Crippen LogP contribution in [0, 0.1) is 5.92 Å². The maximum atomic E-state index is 12.6. The van der Waals surface area contributed by atoms with Crippen molar-refractivity contribution in [3.8, 4) is 0 Å². The topological polar surface area (TPSA) is 71.2 Å². The van der Waals surface area contributed by atoms with Crippen molar-refractivity contribution in [2.45, 2.75) is 38.1 Å². The predicted octanol–water partition coefficient (Wildman–Crippen LogP) is 3.13. The Hall–Kier alpha value is -2.78. The number of fused-ring (bicyclic) bond motifs is 1. The van der Waals surface area contributed by atoms with Crippen LogP contribution in [0.4, 0.5) is 13.2 Å². The minimum Gasteiger partial charge on any atom is -0.392 e. The molecule has 0 bridgehead atoms. The fraction of sp³-hybridized carbons (Fsp3) is 0.435. The van der Waals surface area contributed by atoms with Crippen LogP contribution >= 0.6 is 0 Å². The molecular formula is C23H25F3N4O2. The summed E-state index contributed by atoms with van der Waals surface area (Å²) in [6, 6.07) is 9.37. The minimum atomic E-state index is -4.44. The van der Waals surface area contributed by atoms with Gasteiger partial charge in [-0.1, -0.05) is 6.07 Å². The van der Waals surface area contributed by atoms with Crippen LogP contribution in [0.2, 0.25) is 0 Å². The molecule has 0 spiro atoms. The highest BCUT2D eigenvalue weighted by molar-refractivity contribution is 5.73. The Balaban J connectivity index is 1.29. The molecule has 1 aliphatic heterocycles. The Morgan fingerprint density at radius 2 is 1.94 bits per heavy atom. The number of halogens is 3. The van der Waals surface area contributed by atoms with E-state index in [9.17, 15) is 23.1 Å². The van der Waals surface area contributed by atoms with Crippen LogP contribution in [-0.2, 0) is 19.1 Å². The number of aliphatic hydroxyl groups excluding tert-OH is 1. The van der Waals surface area contributed by atoms with Gasteiger partial charge >= 0.3 is 6.18 Å². The predicted molar refractivity (Wildman–Crippen MR) is 114 cm³/mol. The number of alkyl halides is 3. The van der Waals surface area contributed by atoms with E-state index < -0.39 is 18.0 Å². The zero-order valence-electron chi connectivity index (χ0n) is 17.5. The third-order valence-corrected chi connectivity index (χ3v) is 6.12. The van der Waals surface area contributed by atoms with Gasteiger partial charge in [0.25, 0.3) is 5.56 Å². The highest BCUT2D eigenvalue weighted by Gasteiger charge is 2.32. The van der Waals surface area contributed by atoms with E-state index >= 15 is 0 Å². The van der Waals surface area contributed by atoms with E-state index in [1.807, 2.05) is 6.07 Å². The second kappa shape index (κ2) is 9.38. The number of piperidine rings is 1. The van der Waals surface area contributed by atoms with Gasteiger partial charge in [-0.2, -0.15) is 13.2 Å². The molecule has 4 heterocycles. The summed E-state index contributed by atoms with van der Waals surface area (Å²) >= 11 is 0. The van der Waals surface area contributed by atoms with Gasteiger partial charge in [0.1, 0.15) is 5.69 Å². The minimum absolute atomic E-state index is 0.0777. The van der Waals surface area contributed by atoms with Crippen LogP contribution in [0.1, 0.15) is 24.1 Å². The van der Waals surface area contributed by atoms with Gasteiger partial charge in [0, 0.05) is 38.1 Å². The zero-order valence-corrected chi connectivity index (χ0v) is 17.5. The van der Waals surface area contributed by atoms with Gasteiger partial charge < -0.3 is 9.67 Å². The Labute approximate surface area is 183 Å². The van der Waals surface area contributed by atoms with Crippen molar-refractivity contribution in [1.82, 2.24) is 19.4 Å². The molecular weight excluding hydrogens is 421 g/mol. The Morgan fingerprint density at radius 1 is 1.09 bits per heavy atom. The lowest BCUT2D eigenvalue weighted by molar-refractivity contribution is -0.141. The van der Waals surface area contributed by atoms with Crippen molar-refractivity contribution in [3.05, 3.63) is 70.4 Å². The summed E-state index contributed by atoms with van der Waals surface area (Å²) in [6.07, 6.45) is 0.0651. The number of nitrogens with zero attached hydrogens (tertiary/aromatic N) is 4. The molecule has 2 atom stereocenters. The van der Waals surface area contributed by atoms with Crippen LogP contribution in [0.15, 0.2) is 53.6 Å². The summed E-state index contributed by atoms with van der Waals surface area (Å²) in [5.74, 6) is 0.0815. The van der Waals surface area contributed by atoms with Crippen molar-refractivity contribution in [2.24, 2.45) is 5.92 Å². The van der Waals surface area contributed by atoms with Crippen molar-refractivity contribution in [2.75, 3.05) is 19.6 Å². The van der Waals surface area contributed by atoms with Crippen LogP contribution in [-0.4, -0.2) is 50.3 Å². The molecule has 4 rings (SSSR count). The number of rotatable bonds is 6. The number of β-amino-alcohol motifs (C(OH)–C–C–N with tert-alkyl or cyclic N) is 1. The third kappa shape index (κ3) is 5.16. The van der Waals surface area contributed by atoms with Gasteiger partial charge in [-0.25, -0.2) is 0 Å². The van der Waals surface area contributed by atoms with Gasteiger partial charge in [-0.3, -0.25) is 19.7 Å². The molecule has 9 heteroatoms. The smallest absolute Gasteiger partial charge is 0.392 e. The van der Waals surface area contributed by atoms with Gasteiger partial charge in [0.15, 0.2) is 0 Å². The Kier molecular flexibility index (Phi) is 6.57. The van der Waals surface area contributed by atoms with Crippen molar-refractivity contribution in [3.63, 3.8) is 0 Å². The number of aliphatic hydroxyl groups is 1. The first-order valence-electron chi connectivity index (χ1n) is 10.7. The maximum absolute atomic E-state index is 12.6. The summed E-state index contributed by atoms with van der Waals surface area (Å²) < 4.78 is 39.6. The summed E-state index contributed by atoms with van der Waals surface area (Å²) in [5.41, 5.74) is 1.32. The average Bonchev–Trinajstić information content (AvgIpc) is 2.77. The second-order valence-corrected chi connectivity index (χ2v) is 8.24. The lowest BCUT2D eigenvalue weighted by atomic mass is 9.88. The largest absolute Gasteiger partial charge is 0.433 e. The quantitative estimate of drug-likeness (QED) is 0.630. The monoisotopic (exact) mass is 446 g/mol. The van der Waals surface area contributed by atoms with Gasteiger partial charge in [0.05, 0.1) is 17.1 Å². The third-order valence-electron chi connectivity index (χ3n) is 6.12. The molecule has 3 aromatic heterocycles. The summed E-state index contributed by atoms with van der Waals surface area (Å²) in [4.78, 5) is 22.2. The normalized spacial score (nSPS) is 20.0. The zero-order chi connectivity index (χ0) is 22.7. The van der Waals surface area contributed by atoms with E-state index in [0.29, 0.717) is 32.5 Å².